The molecule has 16 heteroatoms. The number of urea groups is 2. The molecule has 3 rings (SSSR count). The van der Waals surface area contributed by atoms with E-state index in [-0.39, 0.29) is 0 Å². The van der Waals surface area contributed by atoms with E-state index in [0.29, 0.717) is 18.2 Å². The Hall–Kier alpha value is -5.28. The summed E-state index contributed by atoms with van der Waals surface area (Å²) in [6, 6.07) is -0.967. The van der Waals surface area contributed by atoms with Gasteiger partial charge in [-0.05, 0) is 18.2 Å². The van der Waals surface area contributed by atoms with Crippen molar-refractivity contribution >= 4 is 59.2 Å². The number of nitro groups is 2. The van der Waals surface area contributed by atoms with Crippen LogP contribution < -0.4 is 21.3 Å². The van der Waals surface area contributed by atoms with Gasteiger partial charge in [-0.25, -0.2) is 9.59 Å². The van der Waals surface area contributed by atoms with E-state index >= 15 is 0 Å². The Bertz CT molecular complexity index is 1110. The lowest BCUT2D eigenvalue weighted by atomic mass is 10.00. The van der Waals surface area contributed by atoms with Crippen LogP contribution in [0.15, 0.2) is 23.3 Å². The van der Waals surface area contributed by atoms with E-state index in [2.05, 4.69) is 0 Å². The van der Waals surface area contributed by atoms with Gasteiger partial charge in [0.05, 0.1) is 27.0 Å². The predicted octanol–water partition coefficient (Wildman–Crippen LogP) is -0.998. The van der Waals surface area contributed by atoms with Crippen molar-refractivity contribution in [1.29, 1.82) is 0 Å². The lowest BCUT2D eigenvalue weighted by Crippen LogP contribution is -2.51. The highest BCUT2D eigenvalue weighted by Crippen LogP contribution is 2.32. The summed E-state index contributed by atoms with van der Waals surface area (Å²) < 4.78 is 0. The average molecular weight is 444 g/mol. The summed E-state index contributed by atoms with van der Waals surface area (Å²) >= 11 is 0. The summed E-state index contributed by atoms with van der Waals surface area (Å²) in [4.78, 5) is 90.7. The van der Waals surface area contributed by atoms with Crippen molar-refractivity contribution in [2.24, 2.45) is 0 Å². The Kier molecular flexibility index (Phi) is 5.26. The number of benzene rings is 1. The maximum Gasteiger partial charge on any atom is 0.328 e. The summed E-state index contributed by atoms with van der Waals surface area (Å²) in [6.07, 6.45) is 1.40. The Morgan fingerprint density at radius 3 is 1.19 bits per heavy atom. The maximum absolute atomic E-state index is 11.9. The number of hydrogen-bond acceptors (Lipinski definition) is 10. The molecule has 2 aliphatic rings. The number of nitrogens with one attached hydrogen (secondary N) is 4. The van der Waals surface area contributed by atoms with Crippen molar-refractivity contribution in [3.05, 3.63) is 54.6 Å². The van der Waals surface area contributed by atoms with Gasteiger partial charge in [0.25, 0.3) is 35.0 Å². The van der Waals surface area contributed by atoms with E-state index in [1.807, 2.05) is 0 Å². The lowest BCUT2D eigenvalue weighted by molar-refractivity contribution is -0.394. The van der Waals surface area contributed by atoms with E-state index in [9.17, 15) is 49.0 Å². The van der Waals surface area contributed by atoms with Crippen molar-refractivity contribution < 1.29 is 38.6 Å². The number of rotatable bonds is 4. The second-order valence-electron chi connectivity index (χ2n) is 6.07. The van der Waals surface area contributed by atoms with Gasteiger partial charge in [-0.3, -0.25) is 60.7 Å². The van der Waals surface area contributed by atoms with Crippen LogP contribution in [0, 0.1) is 20.2 Å². The minimum absolute atomic E-state index is 0.491. The second-order valence-corrected chi connectivity index (χ2v) is 6.07. The van der Waals surface area contributed by atoms with Crippen LogP contribution in [0.4, 0.5) is 21.0 Å². The first-order valence-corrected chi connectivity index (χ1v) is 8.21. The highest BCUT2D eigenvalue weighted by Gasteiger charge is 2.32. The predicted molar refractivity (Wildman–Crippen MR) is 99.1 cm³/mol. The summed E-state index contributed by atoms with van der Waals surface area (Å²) in [5.41, 5.74) is -4.21. The molecule has 0 aromatic heterocycles. The minimum Gasteiger partial charge on any atom is -0.273 e. The molecular weight excluding hydrogens is 436 g/mol. The molecule has 4 N–H and O–H groups in total. The average Bonchev–Trinajstić information content (AvgIpc) is 2.66. The van der Waals surface area contributed by atoms with E-state index in [1.165, 1.54) is 0 Å². The molecule has 2 saturated heterocycles. The first kappa shape index (κ1) is 21.4. The van der Waals surface area contributed by atoms with Crippen LogP contribution in [0.1, 0.15) is 11.1 Å². The maximum atomic E-state index is 11.9. The smallest absolute Gasteiger partial charge is 0.273 e. The van der Waals surface area contributed by atoms with Crippen molar-refractivity contribution in [2.75, 3.05) is 0 Å². The van der Waals surface area contributed by atoms with Crippen molar-refractivity contribution in [2.45, 2.75) is 0 Å². The Balaban J connectivity index is 2.23. The van der Waals surface area contributed by atoms with Crippen molar-refractivity contribution in [3.63, 3.8) is 0 Å². The standard InChI is InChI=1S/C16H8N6O10/c23-11-7(12(24)18-15(27)17-11)2-5-1-6(10(22(31)32)4-9(5)21(29)30)3-8-13(25)19-16(28)20-14(8)26/h1-4H,(H2,17,18,23,24,27)(H2,19,20,25,26,28). The lowest BCUT2D eigenvalue weighted by Gasteiger charge is -2.15. The SMILES string of the molecule is O=C1NC(=O)C(=Cc2cc(C=C3C(=O)NC(=O)NC3=O)c([N+](=O)[O-])cc2[N+](=O)[O-])C(=O)N1. The molecule has 0 bridgehead atoms. The molecule has 0 radical (unpaired) electrons. The third-order valence-corrected chi connectivity index (χ3v) is 4.06. The number of barbiturate groups is 2. The second kappa shape index (κ2) is 7.86. The fourth-order valence-electron chi connectivity index (χ4n) is 2.68. The van der Waals surface area contributed by atoms with Crippen LogP contribution in [0.3, 0.4) is 0 Å². The monoisotopic (exact) mass is 444 g/mol. The molecule has 8 amide bonds. The van der Waals surface area contributed by atoms with Gasteiger partial charge in [-0.2, -0.15) is 0 Å². The highest BCUT2D eigenvalue weighted by molar-refractivity contribution is 6.32. The topological polar surface area (TPSA) is 237 Å². The number of nitro benzene ring substituents is 2. The van der Waals surface area contributed by atoms with Gasteiger partial charge < -0.3 is 0 Å². The molecule has 0 unspecified atom stereocenters. The zero-order valence-electron chi connectivity index (χ0n) is 15.3. The molecule has 2 fully saturated rings. The van der Waals surface area contributed by atoms with Crippen molar-refractivity contribution in [1.82, 2.24) is 21.3 Å². The summed E-state index contributed by atoms with van der Waals surface area (Å²) in [7, 11) is 0. The normalized spacial score (nSPS) is 16.0. The number of nitrogens with zero attached hydrogens (tertiary/aromatic N) is 2. The molecule has 1 aromatic rings. The molecule has 0 spiro atoms. The molecule has 1 aromatic carbocycles. The van der Waals surface area contributed by atoms with E-state index < -0.39 is 79.2 Å². The van der Waals surface area contributed by atoms with Gasteiger partial charge >= 0.3 is 12.1 Å². The van der Waals surface area contributed by atoms with Crippen LogP contribution >= 0.6 is 0 Å². The number of imide groups is 4. The molecule has 16 nitrogen and oxygen atoms in total. The zero-order valence-corrected chi connectivity index (χ0v) is 15.3. The Morgan fingerprint density at radius 2 is 0.906 bits per heavy atom. The number of carbonyl (C=O) groups is 6. The summed E-state index contributed by atoms with van der Waals surface area (Å²) in [6.45, 7) is 0. The fraction of sp³-hybridized carbons (Fsp3) is 0. The van der Waals surface area contributed by atoms with Gasteiger partial charge in [0.2, 0.25) is 0 Å². The van der Waals surface area contributed by atoms with E-state index in [0.717, 1.165) is 6.07 Å². The minimum atomic E-state index is -1.18. The Labute approximate surface area is 174 Å². The summed E-state index contributed by atoms with van der Waals surface area (Å²) in [5, 5.41) is 29.8. The third kappa shape index (κ3) is 4.03. The molecule has 0 atom stereocenters. The van der Waals surface area contributed by atoms with Crippen LogP contribution in [0.2, 0.25) is 0 Å². The van der Waals surface area contributed by atoms with E-state index in [4.69, 9.17) is 0 Å². The van der Waals surface area contributed by atoms with Gasteiger partial charge in [-0.15, -0.1) is 0 Å². The van der Waals surface area contributed by atoms with E-state index in [1.54, 1.807) is 21.3 Å². The largest absolute Gasteiger partial charge is 0.328 e. The third-order valence-electron chi connectivity index (χ3n) is 4.06. The summed E-state index contributed by atoms with van der Waals surface area (Å²) in [5.74, 6) is -4.74. The van der Waals surface area contributed by atoms with Crippen LogP contribution in [-0.2, 0) is 19.2 Å². The molecule has 162 valence electrons. The van der Waals surface area contributed by atoms with Gasteiger partial charge in [0.15, 0.2) is 0 Å². The molecule has 32 heavy (non-hydrogen) atoms. The van der Waals surface area contributed by atoms with Crippen LogP contribution in [0.25, 0.3) is 12.2 Å². The molecular formula is C16H8N6O10. The molecule has 0 aliphatic carbocycles. The zero-order chi connectivity index (χ0) is 23.7. The number of hydrogen-bond donors (Lipinski definition) is 4. The van der Waals surface area contributed by atoms with Crippen LogP contribution in [0.5, 0.6) is 0 Å². The molecule has 2 aliphatic heterocycles. The van der Waals surface area contributed by atoms with Gasteiger partial charge in [0.1, 0.15) is 11.1 Å². The number of amides is 8. The Morgan fingerprint density at radius 1 is 0.594 bits per heavy atom. The first-order chi connectivity index (χ1) is 15.0. The first-order valence-electron chi connectivity index (χ1n) is 8.21. The molecule has 2 heterocycles. The quantitative estimate of drug-likeness (QED) is 0.191. The van der Waals surface area contributed by atoms with Gasteiger partial charge in [-0.1, -0.05) is 0 Å². The van der Waals surface area contributed by atoms with Crippen molar-refractivity contribution in [3.8, 4) is 0 Å². The molecule has 0 saturated carbocycles. The van der Waals surface area contributed by atoms with Gasteiger partial charge in [0, 0.05) is 0 Å². The fourth-order valence-corrected chi connectivity index (χ4v) is 2.68. The highest BCUT2D eigenvalue weighted by atomic mass is 16.6. The number of carbonyl (C=O) groups excluding carboxylic acids is 6. The van der Waals surface area contributed by atoms with Crippen LogP contribution in [-0.4, -0.2) is 45.5 Å².